The van der Waals surface area contributed by atoms with E-state index in [1.807, 2.05) is 0 Å². The molecule has 0 aromatic carbocycles. The number of methoxy groups -OCH3 is 1. The van der Waals surface area contributed by atoms with Crippen LogP contribution in [0.15, 0.2) is 18.3 Å². The van der Waals surface area contributed by atoms with Crippen LogP contribution in [0.4, 0.5) is 5.82 Å². The van der Waals surface area contributed by atoms with Crippen LogP contribution in [0.1, 0.15) is 16.2 Å². The molecule has 0 aliphatic carbocycles. The van der Waals surface area contributed by atoms with Gasteiger partial charge in [-0.05, 0) is 19.1 Å². The normalized spacial score (nSPS) is 10.9. The molecule has 0 aliphatic rings. The van der Waals surface area contributed by atoms with Crippen molar-refractivity contribution in [1.82, 2.24) is 29.6 Å². The van der Waals surface area contributed by atoms with Gasteiger partial charge in [0, 0.05) is 0 Å². The van der Waals surface area contributed by atoms with Gasteiger partial charge in [0.2, 0.25) is 0 Å². The molecule has 3 aromatic heterocycles. The van der Waals surface area contributed by atoms with Crippen LogP contribution in [0.25, 0.3) is 11.5 Å². The van der Waals surface area contributed by atoms with Gasteiger partial charge in [-0.2, -0.15) is 14.3 Å². The first-order valence-electron chi connectivity index (χ1n) is 5.73. The first-order chi connectivity index (χ1) is 9.61. The number of aryl methyl sites for hydroxylation is 1. The molecule has 0 amide bonds. The van der Waals surface area contributed by atoms with E-state index in [-0.39, 0.29) is 11.4 Å². The first kappa shape index (κ1) is 12.1. The lowest BCUT2D eigenvalue weighted by Gasteiger charge is -2.04. The van der Waals surface area contributed by atoms with Gasteiger partial charge in [0.15, 0.2) is 17.3 Å². The molecule has 2 N–H and O–H groups in total. The largest absolute Gasteiger partial charge is 0.465 e. The first-order valence-corrected chi connectivity index (χ1v) is 5.73. The smallest absolute Gasteiger partial charge is 0.343 e. The molecule has 0 atom stereocenters. The Balaban J connectivity index is 2.13. The molecule has 102 valence electrons. The molecule has 0 saturated carbocycles. The topological polar surface area (TPSA) is 113 Å². The third-order valence-electron chi connectivity index (χ3n) is 2.83. The van der Waals surface area contributed by atoms with E-state index >= 15 is 0 Å². The Hall–Kier alpha value is -2.97. The van der Waals surface area contributed by atoms with E-state index in [0.717, 1.165) is 0 Å². The zero-order chi connectivity index (χ0) is 14.3. The minimum absolute atomic E-state index is 0.162. The van der Waals surface area contributed by atoms with E-state index in [0.29, 0.717) is 17.3 Å². The SMILES string of the molecule is COC(=O)c1cnn(-c2ccc3nnc(C)n3n2)c1N. The van der Waals surface area contributed by atoms with Crippen molar-refractivity contribution in [2.75, 3.05) is 12.8 Å². The zero-order valence-corrected chi connectivity index (χ0v) is 10.8. The minimum atomic E-state index is -0.546. The van der Waals surface area contributed by atoms with Gasteiger partial charge in [-0.1, -0.05) is 0 Å². The van der Waals surface area contributed by atoms with Crippen LogP contribution in [0, 0.1) is 6.92 Å². The lowest BCUT2D eigenvalue weighted by Crippen LogP contribution is -2.10. The van der Waals surface area contributed by atoms with Gasteiger partial charge < -0.3 is 10.5 Å². The Bertz CT molecular complexity index is 804. The van der Waals surface area contributed by atoms with E-state index in [2.05, 4.69) is 25.1 Å². The quantitative estimate of drug-likeness (QED) is 0.653. The number of carbonyl (C=O) groups is 1. The van der Waals surface area contributed by atoms with Crippen molar-refractivity contribution in [3.8, 4) is 5.82 Å². The number of rotatable bonds is 2. The van der Waals surface area contributed by atoms with Gasteiger partial charge in [0.25, 0.3) is 0 Å². The van der Waals surface area contributed by atoms with Crippen LogP contribution in [-0.4, -0.2) is 42.7 Å². The molecule has 0 saturated heterocycles. The van der Waals surface area contributed by atoms with Crippen molar-refractivity contribution in [3.63, 3.8) is 0 Å². The molecule has 20 heavy (non-hydrogen) atoms. The van der Waals surface area contributed by atoms with E-state index in [9.17, 15) is 4.79 Å². The molecular formula is C11H11N7O2. The Labute approximate surface area is 113 Å². The highest BCUT2D eigenvalue weighted by molar-refractivity contribution is 5.94. The van der Waals surface area contributed by atoms with Crippen molar-refractivity contribution < 1.29 is 9.53 Å². The number of nitrogen functional groups attached to an aromatic ring is 1. The summed E-state index contributed by atoms with van der Waals surface area (Å²) in [7, 11) is 1.28. The number of nitrogens with two attached hydrogens (primary N) is 1. The van der Waals surface area contributed by atoms with Gasteiger partial charge in [-0.25, -0.2) is 4.79 Å². The number of hydrogen-bond donors (Lipinski definition) is 1. The summed E-state index contributed by atoms with van der Waals surface area (Å²) < 4.78 is 7.54. The summed E-state index contributed by atoms with van der Waals surface area (Å²) >= 11 is 0. The second-order valence-electron chi connectivity index (χ2n) is 4.06. The summed E-state index contributed by atoms with van der Waals surface area (Å²) in [5.74, 6) is 0.707. The highest BCUT2D eigenvalue weighted by Crippen LogP contribution is 2.16. The van der Waals surface area contributed by atoms with Gasteiger partial charge >= 0.3 is 5.97 Å². The van der Waals surface area contributed by atoms with Crippen molar-refractivity contribution in [2.45, 2.75) is 6.92 Å². The van der Waals surface area contributed by atoms with Crippen LogP contribution in [0.5, 0.6) is 0 Å². The van der Waals surface area contributed by atoms with Crippen molar-refractivity contribution >= 4 is 17.4 Å². The standard InChI is InChI=1S/C11H11N7O2/c1-6-14-15-8-3-4-9(16-17(6)8)18-10(12)7(5-13-18)11(19)20-2/h3-5H,12H2,1-2H3. The fourth-order valence-corrected chi connectivity index (χ4v) is 1.81. The second kappa shape index (κ2) is 4.30. The highest BCUT2D eigenvalue weighted by Gasteiger charge is 2.17. The molecule has 0 radical (unpaired) electrons. The summed E-state index contributed by atoms with van der Waals surface area (Å²) in [5, 5.41) is 16.2. The summed E-state index contributed by atoms with van der Waals surface area (Å²) in [6.45, 7) is 1.78. The summed E-state index contributed by atoms with van der Waals surface area (Å²) in [6, 6.07) is 3.43. The molecule has 0 bridgehead atoms. The minimum Gasteiger partial charge on any atom is -0.465 e. The van der Waals surface area contributed by atoms with E-state index in [1.54, 1.807) is 23.6 Å². The molecule has 3 rings (SSSR count). The summed E-state index contributed by atoms with van der Waals surface area (Å²) in [6.07, 6.45) is 1.34. The molecule has 0 spiro atoms. The zero-order valence-electron chi connectivity index (χ0n) is 10.8. The van der Waals surface area contributed by atoms with E-state index < -0.39 is 5.97 Å². The number of anilines is 1. The van der Waals surface area contributed by atoms with Gasteiger partial charge in [0.05, 0.1) is 13.3 Å². The average molecular weight is 273 g/mol. The number of esters is 1. The molecule has 9 nitrogen and oxygen atoms in total. The van der Waals surface area contributed by atoms with Gasteiger partial charge in [-0.3, -0.25) is 0 Å². The molecule has 9 heteroatoms. The molecular weight excluding hydrogens is 262 g/mol. The number of carbonyl (C=O) groups excluding carboxylic acids is 1. The van der Waals surface area contributed by atoms with Crippen molar-refractivity contribution in [2.24, 2.45) is 0 Å². The monoisotopic (exact) mass is 273 g/mol. The maximum atomic E-state index is 11.5. The molecule has 3 aromatic rings. The van der Waals surface area contributed by atoms with Crippen LogP contribution in [-0.2, 0) is 4.74 Å². The molecule has 3 heterocycles. The number of hydrogen-bond acceptors (Lipinski definition) is 7. The third kappa shape index (κ3) is 1.67. The number of fused-ring (bicyclic) bond motifs is 1. The second-order valence-corrected chi connectivity index (χ2v) is 4.06. The van der Waals surface area contributed by atoms with Crippen LogP contribution in [0.2, 0.25) is 0 Å². The van der Waals surface area contributed by atoms with E-state index in [1.165, 1.54) is 18.0 Å². The Kier molecular flexibility index (Phi) is 2.60. The Morgan fingerprint density at radius 3 is 2.90 bits per heavy atom. The van der Waals surface area contributed by atoms with Crippen molar-refractivity contribution in [1.29, 1.82) is 0 Å². The van der Waals surface area contributed by atoms with Crippen LogP contribution >= 0.6 is 0 Å². The highest BCUT2D eigenvalue weighted by atomic mass is 16.5. The van der Waals surface area contributed by atoms with Crippen LogP contribution in [0.3, 0.4) is 0 Å². The predicted octanol–water partition coefficient (Wildman–Crippen LogP) is -0.0128. The maximum absolute atomic E-state index is 11.5. The maximum Gasteiger partial charge on any atom is 0.343 e. The number of nitrogens with zero attached hydrogens (tertiary/aromatic N) is 6. The molecule has 0 unspecified atom stereocenters. The fourth-order valence-electron chi connectivity index (χ4n) is 1.81. The lowest BCUT2D eigenvalue weighted by molar-refractivity contribution is 0.0602. The Morgan fingerprint density at radius 2 is 2.15 bits per heavy atom. The van der Waals surface area contributed by atoms with Gasteiger partial charge in [-0.15, -0.1) is 15.3 Å². The Morgan fingerprint density at radius 1 is 1.35 bits per heavy atom. The van der Waals surface area contributed by atoms with E-state index in [4.69, 9.17) is 5.73 Å². The summed E-state index contributed by atoms with van der Waals surface area (Å²) in [5.41, 5.74) is 6.69. The lowest BCUT2D eigenvalue weighted by atomic mass is 10.3. The number of aromatic nitrogens is 6. The average Bonchev–Trinajstić information content (AvgIpc) is 3.02. The molecule has 0 aliphatic heterocycles. The van der Waals surface area contributed by atoms with Gasteiger partial charge in [0.1, 0.15) is 11.4 Å². The third-order valence-corrected chi connectivity index (χ3v) is 2.83. The predicted molar refractivity (Wildman–Crippen MR) is 68.4 cm³/mol. The molecule has 0 fully saturated rings. The number of ether oxygens (including phenoxy) is 1. The summed E-state index contributed by atoms with van der Waals surface area (Å²) in [4.78, 5) is 11.5. The fraction of sp³-hybridized carbons (Fsp3) is 0.182. The van der Waals surface area contributed by atoms with Crippen molar-refractivity contribution in [3.05, 3.63) is 29.7 Å². The van der Waals surface area contributed by atoms with Crippen LogP contribution < -0.4 is 5.73 Å².